The molecule has 27 heavy (non-hydrogen) atoms. The van der Waals surface area contributed by atoms with Crippen molar-refractivity contribution in [3.8, 4) is 0 Å². The molecule has 3 aromatic rings. The zero-order valence-electron chi connectivity index (χ0n) is 15.7. The van der Waals surface area contributed by atoms with Crippen molar-refractivity contribution < 1.29 is 12.8 Å². The van der Waals surface area contributed by atoms with Crippen LogP contribution < -0.4 is 9.62 Å². The van der Waals surface area contributed by atoms with Crippen LogP contribution >= 0.6 is 0 Å². The molecule has 1 aromatic carbocycles. The van der Waals surface area contributed by atoms with Crippen molar-refractivity contribution >= 4 is 32.6 Å². The highest BCUT2D eigenvalue weighted by molar-refractivity contribution is 7.88. The minimum atomic E-state index is -3.34. The lowest BCUT2D eigenvalue weighted by Crippen LogP contribution is -2.22. The fraction of sp³-hybridized carbons (Fsp3) is 0.333. The number of pyridine rings is 1. The van der Waals surface area contributed by atoms with Gasteiger partial charge >= 0.3 is 0 Å². The first-order valence-corrected chi connectivity index (χ1v) is 10.4. The van der Waals surface area contributed by atoms with Gasteiger partial charge in [-0.15, -0.1) is 0 Å². The Morgan fingerprint density at radius 2 is 2.00 bits per heavy atom. The van der Waals surface area contributed by atoms with Crippen molar-refractivity contribution in [3.63, 3.8) is 0 Å². The Hall–Kier alpha value is -2.52. The number of aryl methyl sites for hydroxylation is 2. The summed E-state index contributed by atoms with van der Waals surface area (Å²) in [7, 11) is 0.305. The zero-order valence-corrected chi connectivity index (χ0v) is 16.5. The summed E-state index contributed by atoms with van der Waals surface area (Å²) in [5, 5.41) is 0. The van der Waals surface area contributed by atoms with Crippen molar-refractivity contribution in [3.05, 3.63) is 47.7 Å². The van der Waals surface area contributed by atoms with Crippen molar-refractivity contribution in [2.45, 2.75) is 19.9 Å². The van der Waals surface area contributed by atoms with Gasteiger partial charge in [0, 0.05) is 26.7 Å². The van der Waals surface area contributed by atoms with Crippen LogP contribution in [0.3, 0.4) is 0 Å². The van der Waals surface area contributed by atoms with E-state index in [1.165, 1.54) is 6.07 Å². The average Bonchev–Trinajstić information content (AvgIpc) is 2.98. The SMILES string of the molecule is CCc1cc(CNS(C)(=O)=O)cc(F)c1N(C)c1cc2c(cn1)ncn2C. The molecule has 0 aliphatic heterocycles. The van der Waals surface area contributed by atoms with Gasteiger partial charge in [0.25, 0.3) is 0 Å². The summed E-state index contributed by atoms with van der Waals surface area (Å²) < 4.78 is 41.8. The van der Waals surface area contributed by atoms with Crippen LogP contribution in [0.1, 0.15) is 18.1 Å². The van der Waals surface area contributed by atoms with Gasteiger partial charge in [-0.2, -0.15) is 0 Å². The number of anilines is 2. The molecular formula is C18H22FN5O2S. The van der Waals surface area contributed by atoms with E-state index in [1.807, 2.05) is 30.7 Å². The highest BCUT2D eigenvalue weighted by Gasteiger charge is 2.18. The third kappa shape index (κ3) is 4.09. The Bertz CT molecular complexity index is 1090. The molecule has 0 fully saturated rings. The summed E-state index contributed by atoms with van der Waals surface area (Å²) in [6, 6.07) is 5.03. The van der Waals surface area contributed by atoms with Crippen LogP contribution in [-0.4, -0.2) is 36.3 Å². The monoisotopic (exact) mass is 391 g/mol. The Balaban J connectivity index is 1.99. The first-order chi connectivity index (χ1) is 12.7. The van der Waals surface area contributed by atoms with Crippen LogP contribution in [0.5, 0.6) is 0 Å². The molecule has 0 aliphatic rings. The van der Waals surface area contributed by atoms with E-state index in [1.54, 1.807) is 24.5 Å². The molecule has 0 radical (unpaired) electrons. The van der Waals surface area contributed by atoms with E-state index < -0.39 is 15.8 Å². The number of fused-ring (bicyclic) bond motifs is 1. The maximum absolute atomic E-state index is 14.9. The molecule has 1 N–H and O–H groups in total. The fourth-order valence-electron chi connectivity index (χ4n) is 3.00. The van der Waals surface area contributed by atoms with Gasteiger partial charge in [0.2, 0.25) is 10.0 Å². The van der Waals surface area contributed by atoms with E-state index in [4.69, 9.17) is 0 Å². The highest BCUT2D eigenvalue weighted by atomic mass is 32.2. The summed E-state index contributed by atoms with van der Waals surface area (Å²) in [6.45, 7) is 1.98. The lowest BCUT2D eigenvalue weighted by Gasteiger charge is -2.23. The van der Waals surface area contributed by atoms with Crippen molar-refractivity contribution in [1.29, 1.82) is 0 Å². The molecular weight excluding hydrogens is 369 g/mol. The lowest BCUT2D eigenvalue weighted by atomic mass is 10.0. The number of rotatable bonds is 6. The molecule has 2 heterocycles. The summed E-state index contributed by atoms with van der Waals surface area (Å²) in [5.74, 6) is 0.177. The molecule has 0 spiro atoms. The van der Waals surface area contributed by atoms with E-state index >= 15 is 0 Å². The fourth-order valence-corrected chi connectivity index (χ4v) is 3.43. The smallest absolute Gasteiger partial charge is 0.209 e. The Kier molecular flexibility index (Phi) is 5.16. The number of aromatic nitrogens is 3. The van der Waals surface area contributed by atoms with Crippen molar-refractivity contribution in [1.82, 2.24) is 19.3 Å². The summed E-state index contributed by atoms with van der Waals surface area (Å²) in [5.41, 5.74) is 3.44. The summed E-state index contributed by atoms with van der Waals surface area (Å²) in [4.78, 5) is 10.3. The van der Waals surface area contributed by atoms with E-state index in [0.29, 0.717) is 23.5 Å². The second-order valence-electron chi connectivity index (χ2n) is 6.48. The number of imidazole rings is 1. The molecule has 144 valence electrons. The maximum atomic E-state index is 14.9. The number of nitrogens with zero attached hydrogens (tertiary/aromatic N) is 4. The predicted octanol–water partition coefficient (Wildman–Crippen LogP) is 2.49. The second-order valence-corrected chi connectivity index (χ2v) is 8.31. The first kappa shape index (κ1) is 19.2. The van der Waals surface area contributed by atoms with Crippen LogP contribution in [-0.2, 0) is 30.0 Å². The Labute approximate surface area is 157 Å². The predicted molar refractivity (Wildman–Crippen MR) is 104 cm³/mol. The summed E-state index contributed by atoms with van der Waals surface area (Å²) >= 11 is 0. The maximum Gasteiger partial charge on any atom is 0.209 e. The Morgan fingerprint density at radius 1 is 1.26 bits per heavy atom. The summed E-state index contributed by atoms with van der Waals surface area (Å²) in [6.07, 6.45) is 5.04. The van der Waals surface area contributed by atoms with Crippen molar-refractivity contribution in [2.75, 3.05) is 18.2 Å². The second kappa shape index (κ2) is 7.24. The van der Waals surface area contributed by atoms with Crippen LogP contribution in [0.15, 0.2) is 30.7 Å². The number of benzene rings is 1. The lowest BCUT2D eigenvalue weighted by molar-refractivity contribution is 0.586. The first-order valence-electron chi connectivity index (χ1n) is 8.46. The standard InChI is InChI=1S/C18H22FN5O2S/c1-5-13-6-12(9-22-27(4,25)26)7-14(19)18(13)24(3)17-8-16-15(10-20-17)21-11-23(16)2/h6-8,10-11,22H,5,9H2,1-4H3. The molecule has 0 bridgehead atoms. The topological polar surface area (TPSA) is 80.1 Å². The largest absolute Gasteiger partial charge is 0.334 e. The number of nitrogens with one attached hydrogen (secondary N) is 1. The van der Waals surface area contributed by atoms with E-state index in [2.05, 4.69) is 14.7 Å². The van der Waals surface area contributed by atoms with Gasteiger partial charge in [0.05, 0.1) is 30.0 Å². The van der Waals surface area contributed by atoms with E-state index in [9.17, 15) is 12.8 Å². The van der Waals surface area contributed by atoms with E-state index in [0.717, 1.165) is 22.9 Å². The zero-order chi connectivity index (χ0) is 19.8. The minimum Gasteiger partial charge on any atom is -0.334 e. The van der Waals surface area contributed by atoms with Gasteiger partial charge in [-0.3, -0.25) is 0 Å². The molecule has 0 atom stereocenters. The van der Waals surface area contributed by atoms with E-state index in [-0.39, 0.29) is 6.54 Å². The third-order valence-electron chi connectivity index (χ3n) is 4.40. The number of sulfonamides is 1. The molecule has 0 aliphatic carbocycles. The molecule has 0 amide bonds. The van der Waals surface area contributed by atoms with Crippen LogP contribution in [0.4, 0.5) is 15.9 Å². The van der Waals surface area contributed by atoms with Gasteiger partial charge in [-0.05, 0) is 23.6 Å². The molecule has 7 nitrogen and oxygen atoms in total. The van der Waals surface area contributed by atoms with Gasteiger partial charge in [0.1, 0.15) is 17.2 Å². The van der Waals surface area contributed by atoms with Gasteiger partial charge < -0.3 is 9.47 Å². The van der Waals surface area contributed by atoms with Gasteiger partial charge in [0.15, 0.2) is 0 Å². The van der Waals surface area contributed by atoms with Crippen LogP contribution in [0.25, 0.3) is 11.0 Å². The molecule has 0 saturated heterocycles. The van der Waals surface area contributed by atoms with Gasteiger partial charge in [-0.1, -0.05) is 13.0 Å². The quantitative estimate of drug-likeness (QED) is 0.698. The molecule has 3 rings (SSSR count). The molecule has 2 aromatic heterocycles. The molecule has 9 heteroatoms. The third-order valence-corrected chi connectivity index (χ3v) is 5.07. The average molecular weight is 391 g/mol. The molecule has 0 unspecified atom stereocenters. The van der Waals surface area contributed by atoms with Crippen LogP contribution in [0.2, 0.25) is 0 Å². The Morgan fingerprint density at radius 3 is 2.67 bits per heavy atom. The normalized spacial score (nSPS) is 11.9. The number of halogens is 1. The number of hydrogen-bond acceptors (Lipinski definition) is 5. The van der Waals surface area contributed by atoms with Gasteiger partial charge in [-0.25, -0.2) is 27.5 Å². The molecule has 0 saturated carbocycles. The minimum absolute atomic E-state index is 0.0476. The van der Waals surface area contributed by atoms with Crippen LogP contribution in [0, 0.1) is 5.82 Å². The number of hydrogen-bond donors (Lipinski definition) is 1. The van der Waals surface area contributed by atoms with Crippen molar-refractivity contribution in [2.24, 2.45) is 7.05 Å². The highest BCUT2D eigenvalue weighted by Crippen LogP contribution is 2.31.